The van der Waals surface area contributed by atoms with Crippen LogP contribution in [0.2, 0.25) is 0 Å². The molecule has 2 aromatic heterocycles. The van der Waals surface area contributed by atoms with E-state index in [2.05, 4.69) is 25.5 Å². The Hall–Kier alpha value is -3.03. The number of nitrogens with one attached hydrogen (secondary N) is 1. The van der Waals surface area contributed by atoms with Gasteiger partial charge in [-0.1, -0.05) is 0 Å². The largest absolute Gasteiger partial charge is 0.465 e. The summed E-state index contributed by atoms with van der Waals surface area (Å²) in [7, 11) is 3.29. The van der Waals surface area contributed by atoms with E-state index in [4.69, 9.17) is 4.74 Å². The molecule has 0 amide bonds. The molecule has 3 rings (SSSR count). The van der Waals surface area contributed by atoms with Crippen molar-refractivity contribution in [2.45, 2.75) is 12.8 Å². The number of aryl methyl sites for hydroxylation is 2. The third-order valence-electron chi connectivity index (χ3n) is 3.73. The molecule has 0 saturated heterocycles. The zero-order valence-corrected chi connectivity index (χ0v) is 13.6. The molecule has 1 aromatic carbocycles. The van der Waals surface area contributed by atoms with Gasteiger partial charge in [-0.25, -0.2) is 14.8 Å². The second-order valence-corrected chi connectivity index (χ2v) is 5.33. The molecule has 8 heteroatoms. The average molecular weight is 326 g/mol. The van der Waals surface area contributed by atoms with Crippen LogP contribution >= 0.6 is 0 Å². The van der Waals surface area contributed by atoms with Crippen molar-refractivity contribution < 1.29 is 9.53 Å². The Balaban J connectivity index is 1.71. The fourth-order valence-electron chi connectivity index (χ4n) is 2.43. The van der Waals surface area contributed by atoms with Crippen LogP contribution in [-0.4, -0.2) is 44.4 Å². The number of hydrogen-bond acceptors (Lipinski definition) is 7. The SMILES string of the molecule is COC(=O)c1ccc2ncnc(NCCCc3nncn3C)c2c1. The van der Waals surface area contributed by atoms with Gasteiger partial charge in [0.05, 0.1) is 18.2 Å². The lowest BCUT2D eigenvalue weighted by atomic mass is 10.1. The van der Waals surface area contributed by atoms with E-state index in [0.29, 0.717) is 11.4 Å². The first-order valence-electron chi connectivity index (χ1n) is 7.59. The fraction of sp³-hybridized carbons (Fsp3) is 0.312. The fourth-order valence-corrected chi connectivity index (χ4v) is 2.43. The molecule has 0 aliphatic heterocycles. The maximum Gasteiger partial charge on any atom is 0.337 e. The highest BCUT2D eigenvalue weighted by Crippen LogP contribution is 2.21. The molecule has 0 spiro atoms. The van der Waals surface area contributed by atoms with Gasteiger partial charge in [0.15, 0.2) is 0 Å². The molecule has 2 heterocycles. The Kier molecular flexibility index (Phi) is 4.64. The van der Waals surface area contributed by atoms with Crippen LogP contribution in [0.4, 0.5) is 5.82 Å². The second-order valence-electron chi connectivity index (χ2n) is 5.33. The van der Waals surface area contributed by atoms with Gasteiger partial charge in [0, 0.05) is 25.4 Å². The number of methoxy groups -OCH3 is 1. The number of hydrogen-bond donors (Lipinski definition) is 1. The number of esters is 1. The third kappa shape index (κ3) is 3.32. The summed E-state index contributed by atoms with van der Waals surface area (Å²) in [4.78, 5) is 20.2. The maximum absolute atomic E-state index is 11.7. The quantitative estimate of drug-likeness (QED) is 0.543. The van der Waals surface area contributed by atoms with E-state index in [-0.39, 0.29) is 5.97 Å². The van der Waals surface area contributed by atoms with Gasteiger partial charge in [-0.05, 0) is 24.6 Å². The van der Waals surface area contributed by atoms with Gasteiger partial charge in [0.25, 0.3) is 0 Å². The van der Waals surface area contributed by atoms with E-state index < -0.39 is 0 Å². The van der Waals surface area contributed by atoms with Crippen molar-refractivity contribution in [3.05, 3.63) is 42.2 Å². The van der Waals surface area contributed by atoms with Gasteiger partial charge in [-0.2, -0.15) is 0 Å². The number of aromatic nitrogens is 5. The summed E-state index contributed by atoms with van der Waals surface area (Å²) in [5, 5.41) is 12.0. The molecule has 0 unspecified atom stereocenters. The predicted molar refractivity (Wildman–Crippen MR) is 88.7 cm³/mol. The molecule has 0 fully saturated rings. The van der Waals surface area contributed by atoms with E-state index in [9.17, 15) is 4.79 Å². The van der Waals surface area contributed by atoms with Crippen LogP contribution in [0.3, 0.4) is 0 Å². The molecule has 0 atom stereocenters. The number of fused-ring (bicyclic) bond motifs is 1. The van der Waals surface area contributed by atoms with Gasteiger partial charge >= 0.3 is 5.97 Å². The summed E-state index contributed by atoms with van der Waals surface area (Å²) in [6.45, 7) is 0.724. The highest BCUT2D eigenvalue weighted by Gasteiger charge is 2.10. The molecule has 0 radical (unpaired) electrons. The molecule has 0 bridgehead atoms. The van der Waals surface area contributed by atoms with Crippen molar-refractivity contribution in [2.24, 2.45) is 7.05 Å². The molecule has 0 aliphatic rings. The van der Waals surface area contributed by atoms with E-state index in [1.165, 1.54) is 13.4 Å². The van der Waals surface area contributed by atoms with E-state index >= 15 is 0 Å². The summed E-state index contributed by atoms with van der Waals surface area (Å²) in [6, 6.07) is 5.22. The minimum absolute atomic E-state index is 0.381. The third-order valence-corrected chi connectivity index (χ3v) is 3.73. The second kappa shape index (κ2) is 7.03. The topological polar surface area (TPSA) is 94.8 Å². The van der Waals surface area contributed by atoms with Gasteiger partial charge < -0.3 is 14.6 Å². The maximum atomic E-state index is 11.7. The smallest absolute Gasteiger partial charge is 0.337 e. The number of carbonyl (C=O) groups excluding carboxylic acids is 1. The Bertz CT molecular complexity index is 861. The average Bonchev–Trinajstić information content (AvgIpc) is 3.02. The van der Waals surface area contributed by atoms with Gasteiger partial charge in [-0.3, -0.25) is 0 Å². The van der Waals surface area contributed by atoms with Crippen molar-refractivity contribution >= 4 is 22.7 Å². The van der Waals surface area contributed by atoms with E-state index in [0.717, 1.165) is 36.1 Å². The van der Waals surface area contributed by atoms with Crippen molar-refractivity contribution in [1.82, 2.24) is 24.7 Å². The highest BCUT2D eigenvalue weighted by atomic mass is 16.5. The molecule has 0 saturated carbocycles. The summed E-state index contributed by atoms with van der Waals surface area (Å²) >= 11 is 0. The van der Waals surface area contributed by atoms with Crippen molar-refractivity contribution in [1.29, 1.82) is 0 Å². The minimum Gasteiger partial charge on any atom is -0.465 e. The first kappa shape index (κ1) is 15.9. The van der Waals surface area contributed by atoms with E-state index in [1.54, 1.807) is 24.5 Å². The van der Waals surface area contributed by atoms with Crippen LogP contribution in [-0.2, 0) is 18.2 Å². The monoisotopic (exact) mass is 326 g/mol. The Morgan fingerprint density at radius 2 is 2.21 bits per heavy atom. The lowest BCUT2D eigenvalue weighted by Gasteiger charge is -2.09. The van der Waals surface area contributed by atoms with Crippen molar-refractivity contribution in [2.75, 3.05) is 19.0 Å². The molecule has 24 heavy (non-hydrogen) atoms. The van der Waals surface area contributed by atoms with Crippen LogP contribution in [0, 0.1) is 0 Å². The Morgan fingerprint density at radius 3 is 2.96 bits per heavy atom. The molecule has 124 valence electrons. The summed E-state index contributed by atoms with van der Waals surface area (Å²) in [5.74, 6) is 1.26. The summed E-state index contributed by atoms with van der Waals surface area (Å²) in [5.41, 5.74) is 1.25. The number of ether oxygens (including phenoxy) is 1. The van der Waals surface area contributed by atoms with Gasteiger partial charge in [0.1, 0.15) is 24.3 Å². The number of rotatable bonds is 6. The number of carbonyl (C=O) groups is 1. The molecule has 1 N–H and O–H groups in total. The molecule has 8 nitrogen and oxygen atoms in total. The Labute approximate surface area is 138 Å². The van der Waals surface area contributed by atoms with Crippen LogP contribution in [0.15, 0.2) is 30.9 Å². The molecule has 0 aliphatic carbocycles. The molecule has 3 aromatic rings. The zero-order chi connectivity index (χ0) is 16.9. The highest BCUT2D eigenvalue weighted by molar-refractivity contribution is 5.97. The number of nitrogens with zero attached hydrogens (tertiary/aromatic N) is 5. The van der Waals surface area contributed by atoms with Gasteiger partial charge in [0.2, 0.25) is 0 Å². The van der Waals surface area contributed by atoms with Crippen molar-refractivity contribution in [3.8, 4) is 0 Å². The lowest BCUT2D eigenvalue weighted by molar-refractivity contribution is 0.0601. The zero-order valence-electron chi connectivity index (χ0n) is 13.6. The van der Waals surface area contributed by atoms with Crippen LogP contribution in [0.1, 0.15) is 22.6 Å². The standard InChI is InChI=1S/C16H18N6O2/c1-22-10-20-21-14(22)4-3-7-17-15-12-8-11(16(23)24-2)5-6-13(12)18-9-19-15/h5-6,8-10H,3-4,7H2,1-2H3,(H,17,18,19). The van der Waals surface area contributed by atoms with Gasteiger partial charge in [-0.15, -0.1) is 10.2 Å². The lowest BCUT2D eigenvalue weighted by Crippen LogP contribution is -2.08. The predicted octanol–water partition coefficient (Wildman–Crippen LogP) is 1.59. The van der Waals surface area contributed by atoms with E-state index in [1.807, 2.05) is 11.6 Å². The first-order valence-corrected chi connectivity index (χ1v) is 7.59. The Morgan fingerprint density at radius 1 is 1.33 bits per heavy atom. The van der Waals surface area contributed by atoms with Crippen LogP contribution in [0.25, 0.3) is 10.9 Å². The molecular weight excluding hydrogens is 308 g/mol. The van der Waals surface area contributed by atoms with Crippen molar-refractivity contribution in [3.63, 3.8) is 0 Å². The normalized spacial score (nSPS) is 10.8. The number of anilines is 1. The van der Waals surface area contributed by atoms with Crippen LogP contribution < -0.4 is 5.32 Å². The number of benzene rings is 1. The minimum atomic E-state index is -0.381. The molecular formula is C16H18N6O2. The van der Waals surface area contributed by atoms with Crippen LogP contribution in [0.5, 0.6) is 0 Å². The summed E-state index contributed by atoms with van der Waals surface area (Å²) < 4.78 is 6.67. The first-order chi connectivity index (χ1) is 11.7. The summed E-state index contributed by atoms with van der Waals surface area (Å²) in [6.07, 6.45) is 4.90.